The second-order valence-corrected chi connectivity index (χ2v) is 4.62. The fourth-order valence-electron chi connectivity index (χ4n) is 1.75. The van der Waals surface area contributed by atoms with Crippen LogP contribution < -0.4 is 9.47 Å². The zero-order valence-electron chi connectivity index (χ0n) is 13.1. The number of hydrogen-bond acceptors (Lipinski definition) is 5. The average Bonchev–Trinajstić information content (AvgIpc) is 2.56. The Morgan fingerprint density at radius 3 is 2.26 bits per heavy atom. The summed E-state index contributed by atoms with van der Waals surface area (Å²) in [7, 11) is 0. The molecule has 1 N–H and O–H groups in total. The molecule has 1 rings (SSSR count). The van der Waals surface area contributed by atoms with Gasteiger partial charge in [0.1, 0.15) is 19.8 Å². The highest BCUT2D eigenvalue weighted by atomic mass is 16.5. The number of aliphatic hydroxyl groups is 1. The van der Waals surface area contributed by atoms with Gasteiger partial charge >= 0.3 is 5.97 Å². The largest absolute Gasteiger partial charge is 0.486 e. The Balaban J connectivity index is 2.81. The summed E-state index contributed by atoms with van der Waals surface area (Å²) in [6, 6.07) is 5.19. The number of ether oxygens (including phenoxy) is 3. The highest BCUT2D eigenvalue weighted by molar-refractivity contribution is 5.74. The van der Waals surface area contributed by atoms with E-state index in [2.05, 4.69) is 19.7 Å². The Hall–Kier alpha value is -2.53. The predicted octanol–water partition coefficient (Wildman–Crippen LogP) is 2.45. The van der Waals surface area contributed by atoms with Gasteiger partial charge in [0.15, 0.2) is 17.6 Å². The molecule has 5 heteroatoms. The number of benzene rings is 1. The van der Waals surface area contributed by atoms with E-state index >= 15 is 0 Å². The molecule has 0 amide bonds. The molecule has 124 valence electrons. The molecular formula is C18H22O5. The molecule has 0 bridgehead atoms. The van der Waals surface area contributed by atoms with Gasteiger partial charge in [0.2, 0.25) is 0 Å². The molecule has 0 fully saturated rings. The Morgan fingerprint density at radius 2 is 1.65 bits per heavy atom. The average molecular weight is 318 g/mol. The fraction of sp³-hybridized carbons (Fsp3) is 0.278. The number of carbonyl (C=O) groups is 1. The molecule has 0 aliphatic carbocycles. The minimum absolute atomic E-state index is 0.0674. The molecule has 0 aliphatic heterocycles. The van der Waals surface area contributed by atoms with Crippen LogP contribution in [0, 0.1) is 0 Å². The summed E-state index contributed by atoms with van der Waals surface area (Å²) < 4.78 is 15.9. The van der Waals surface area contributed by atoms with E-state index in [4.69, 9.17) is 14.2 Å². The van der Waals surface area contributed by atoms with Gasteiger partial charge in [0.05, 0.1) is 0 Å². The van der Waals surface area contributed by atoms with Crippen molar-refractivity contribution in [2.75, 3.05) is 19.8 Å². The molecule has 1 atom stereocenters. The van der Waals surface area contributed by atoms with Crippen molar-refractivity contribution in [1.82, 2.24) is 0 Å². The monoisotopic (exact) mass is 318 g/mol. The first-order valence-electron chi connectivity index (χ1n) is 7.18. The lowest BCUT2D eigenvalue weighted by Crippen LogP contribution is -2.25. The van der Waals surface area contributed by atoms with Gasteiger partial charge in [-0.1, -0.05) is 44.0 Å². The van der Waals surface area contributed by atoms with Crippen molar-refractivity contribution in [3.05, 3.63) is 61.7 Å². The van der Waals surface area contributed by atoms with Crippen molar-refractivity contribution in [3.63, 3.8) is 0 Å². The van der Waals surface area contributed by atoms with Crippen LogP contribution >= 0.6 is 0 Å². The van der Waals surface area contributed by atoms with E-state index in [1.807, 2.05) is 0 Å². The van der Waals surface area contributed by atoms with Gasteiger partial charge < -0.3 is 19.3 Å². The van der Waals surface area contributed by atoms with E-state index < -0.39 is 12.1 Å². The predicted molar refractivity (Wildman–Crippen MR) is 88.7 cm³/mol. The molecule has 5 nitrogen and oxygen atoms in total. The summed E-state index contributed by atoms with van der Waals surface area (Å²) in [5, 5.41) is 9.87. The summed E-state index contributed by atoms with van der Waals surface area (Å²) in [4.78, 5) is 11.6. The van der Waals surface area contributed by atoms with Crippen molar-refractivity contribution in [1.29, 1.82) is 0 Å². The second-order valence-electron chi connectivity index (χ2n) is 4.62. The number of esters is 1. The maximum atomic E-state index is 11.6. The maximum absolute atomic E-state index is 11.6. The molecule has 0 spiro atoms. The van der Waals surface area contributed by atoms with Crippen LogP contribution in [0.15, 0.2) is 56.2 Å². The van der Waals surface area contributed by atoms with Gasteiger partial charge in [-0.2, -0.15) is 0 Å². The topological polar surface area (TPSA) is 65.0 Å². The minimum Gasteiger partial charge on any atom is -0.486 e. The molecule has 0 saturated heterocycles. The van der Waals surface area contributed by atoms with Gasteiger partial charge in [-0.15, -0.1) is 0 Å². The molecule has 1 aromatic rings. The molecule has 0 unspecified atom stereocenters. The molecule has 0 aliphatic rings. The fourth-order valence-corrected chi connectivity index (χ4v) is 1.75. The van der Waals surface area contributed by atoms with Crippen LogP contribution in [0.5, 0.6) is 11.5 Å². The third-order valence-corrected chi connectivity index (χ3v) is 2.77. The third kappa shape index (κ3) is 6.40. The van der Waals surface area contributed by atoms with Crippen molar-refractivity contribution < 1.29 is 24.1 Å². The summed E-state index contributed by atoms with van der Waals surface area (Å²) in [5.74, 6) is 0.376. The lowest BCUT2D eigenvalue weighted by atomic mass is 10.1. The van der Waals surface area contributed by atoms with Crippen LogP contribution in [0.4, 0.5) is 0 Å². The Bertz CT molecular complexity index is 550. The lowest BCUT2D eigenvalue weighted by Gasteiger charge is -2.14. The van der Waals surface area contributed by atoms with Gasteiger partial charge in [-0.05, 0) is 17.7 Å². The summed E-state index contributed by atoms with van der Waals surface area (Å²) in [5.41, 5.74) is 0.720. The van der Waals surface area contributed by atoms with E-state index in [1.54, 1.807) is 30.4 Å². The van der Waals surface area contributed by atoms with Crippen LogP contribution in [-0.4, -0.2) is 37.0 Å². The second kappa shape index (κ2) is 10.2. The van der Waals surface area contributed by atoms with Gasteiger partial charge in [-0.25, -0.2) is 4.79 Å². The first-order chi connectivity index (χ1) is 11.1. The molecule has 0 radical (unpaired) electrons. The standard InChI is InChI=1S/C18H22O5/c1-4-9-21-16-8-7-14(13-17(16)22-10-5-2)12-15(19)18(20)23-11-6-3/h4-8,13,15,19H,1-3,9-12H2/t15-/m0/s1. The van der Waals surface area contributed by atoms with Crippen molar-refractivity contribution >= 4 is 5.97 Å². The first-order valence-corrected chi connectivity index (χ1v) is 7.18. The van der Waals surface area contributed by atoms with Crippen LogP contribution in [-0.2, 0) is 16.0 Å². The van der Waals surface area contributed by atoms with Crippen LogP contribution in [0.2, 0.25) is 0 Å². The molecule has 0 saturated carbocycles. The molecule has 0 aromatic heterocycles. The van der Waals surface area contributed by atoms with Crippen LogP contribution in [0.1, 0.15) is 5.56 Å². The first kappa shape index (κ1) is 18.5. The van der Waals surface area contributed by atoms with Crippen molar-refractivity contribution in [2.45, 2.75) is 12.5 Å². The van der Waals surface area contributed by atoms with Crippen LogP contribution in [0.3, 0.4) is 0 Å². The maximum Gasteiger partial charge on any atom is 0.335 e. The quantitative estimate of drug-likeness (QED) is 0.501. The number of carbonyl (C=O) groups excluding carboxylic acids is 1. The van der Waals surface area contributed by atoms with E-state index in [9.17, 15) is 9.90 Å². The number of hydrogen-bond donors (Lipinski definition) is 1. The zero-order chi connectivity index (χ0) is 17.1. The normalized spacial score (nSPS) is 11.2. The van der Waals surface area contributed by atoms with Gasteiger partial charge in [0, 0.05) is 6.42 Å². The highest BCUT2D eigenvalue weighted by Gasteiger charge is 2.18. The number of aliphatic hydroxyl groups excluding tert-OH is 1. The minimum atomic E-state index is -1.25. The van der Waals surface area contributed by atoms with Crippen molar-refractivity contribution in [3.8, 4) is 11.5 Å². The summed E-state index contributed by atoms with van der Waals surface area (Å²) in [6.07, 6.45) is 3.55. The zero-order valence-corrected chi connectivity index (χ0v) is 13.1. The lowest BCUT2D eigenvalue weighted by molar-refractivity contribution is -0.152. The Kier molecular flexibility index (Phi) is 8.24. The van der Waals surface area contributed by atoms with E-state index in [0.29, 0.717) is 24.7 Å². The Labute approximate surface area is 136 Å². The highest BCUT2D eigenvalue weighted by Crippen LogP contribution is 2.29. The smallest absolute Gasteiger partial charge is 0.335 e. The molecule has 1 aromatic carbocycles. The Morgan fingerprint density at radius 1 is 1.04 bits per heavy atom. The molecule has 0 heterocycles. The molecule has 23 heavy (non-hydrogen) atoms. The van der Waals surface area contributed by atoms with E-state index in [0.717, 1.165) is 5.56 Å². The van der Waals surface area contributed by atoms with E-state index in [-0.39, 0.29) is 13.0 Å². The number of rotatable bonds is 11. The van der Waals surface area contributed by atoms with Gasteiger partial charge in [-0.3, -0.25) is 0 Å². The summed E-state index contributed by atoms with van der Waals surface area (Å²) in [6.45, 7) is 11.4. The molecular weight excluding hydrogens is 296 g/mol. The van der Waals surface area contributed by atoms with Gasteiger partial charge in [0.25, 0.3) is 0 Å². The third-order valence-electron chi connectivity index (χ3n) is 2.77. The summed E-state index contributed by atoms with van der Waals surface area (Å²) >= 11 is 0. The van der Waals surface area contributed by atoms with Crippen LogP contribution in [0.25, 0.3) is 0 Å². The SMILES string of the molecule is C=CCOC(=O)[C@@H](O)Cc1ccc(OCC=C)c(OCC=C)c1. The van der Waals surface area contributed by atoms with Crippen molar-refractivity contribution in [2.24, 2.45) is 0 Å². The van der Waals surface area contributed by atoms with E-state index in [1.165, 1.54) is 6.08 Å².